The molecule has 2 aromatic heterocycles. The van der Waals surface area contributed by atoms with Crippen molar-refractivity contribution in [3.05, 3.63) is 62.0 Å². The van der Waals surface area contributed by atoms with Crippen LogP contribution in [-0.2, 0) is 12.8 Å². The minimum Gasteiger partial charge on any atom is -0.305 e. The predicted molar refractivity (Wildman–Crippen MR) is 106 cm³/mol. The Morgan fingerprint density at radius 2 is 2.19 bits per heavy atom. The minimum absolute atomic E-state index is 0.122. The van der Waals surface area contributed by atoms with Gasteiger partial charge >= 0.3 is 0 Å². The van der Waals surface area contributed by atoms with Gasteiger partial charge in [0.1, 0.15) is 4.83 Å². The molecule has 1 aromatic carbocycles. The number of nitriles is 1. The van der Waals surface area contributed by atoms with Crippen LogP contribution in [0.1, 0.15) is 40.7 Å². The molecular weight excluding hydrogens is 366 g/mol. The van der Waals surface area contributed by atoms with Gasteiger partial charge in [-0.3, -0.25) is 4.79 Å². The lowest BCUT2D eigenvalue weighted by molar-refractivity contribution is 0.509. The number of hydrogen-bond donors (Lipinski definition) is 1. The van der Waals surface area contributed by atoms with Crippen molar-refractivity contribution in [1.29, 1.82) is 5.26 Å². The van der Waals surface area contributed by atoms with E-state index in [2.05, 4.69) is 23.0 Å². The monoisotopic (exact) mass is 381 g/mol. The summed E-state index contributed by atoms with van der Waals surface area (Å²) in [5.74, 6) is 1.02. The Bertz CT molecular complexity index is 1120. The van der Waals surface area contributed by atoms with Gasteiger partial charge in [0.05, 0.1) is 22.1 Å². The molecular formula is C20H16ClN3OS. The van der Waals surface area contributed by atoms with Gasteiger partial charge in [-0.25, -0.2) is 4.98 Å². The zero-order valence-electron chi connectivity index (χ0n) is 14.2. The first kappa shape index (κ1) is 17.0. The molecule has 0 aliphatic heterocycles. The number of H-pyrrole nitrogens is 1. The molecule has 130 valence electrons. The van der Waals surface area contributed by atoms with E-state index in [0.29, 0.717) is 22.3 Å². The number of aromatic amines is 1. The number of aryl methyl sites for hydroxylation is 1. The first-order valence-corrected chi connectivity index (χ1v) is 9.67. The summed E-state index contributed by atoms with van der Waals surface area (Å²) >= 11 is 8.01. The van der Waals surface area contributed by atoms with Gasteiger partial charge in [-0.2, -0.15) is 5.26 Å². The second-order valence-corrected chi connectivity index (χ2v) is 8.16. The number of hydrogen-bond acceptors (Lipinski definition) is 4. The average Bonchev–Trinajstić information content (AvgIpc) is 3.00. The Morgan fingerprint density at radius 3 is 2.92 bits per heavy atom. The highest BCUT2D eigenvalue weighted by atomic mass is 35.5. The molecule has 0 unspecified atom stereocenters. The standard InChI is InChI=1S/C20H16ClN3OS/c1-11-2-7-14-16(8-11)26-20-17(14)19(25)23-18(24-20)15(21)9-12-3-5-13(10-22)6-4-12/h3-6,9,11H,2,7-8H2,1H3,(H,23,24,25)/b15-9-/t11-/m0/s1. The van der Waals surface area contributed by atoms with Crippen molar-refractivity contribution >= 4 is 44.3 Å². The van der Waals surface area contributed by atoms with Crippen molar-refractivity contribution in [1.82, 2.24) is 9.97 Å². The van der Waals surface area contributed by atoms with Gasteiger partial charge in [0.15, 0.2) is 5.82 Å². The molecule has 0 bridgehead atoms. The maximum atomic E-state index is 12.6. The van der Waals surface area contributed by atoms with Gasteiger partial charge in [-0.1, -0.05) is 30.7 Å². The molecule has 0 fully saturated rings. The van der Waals surface area contributed by atoms with Crippen LogP contribution in [0.4, 0.5) is 0 Å². The largest absolute Gasteiger partial charge is 0.305 e. The highest BCUT2D eigenvalue weighted by Crippen LogP contribution is 2.36. The Morgan fingerprint density at radius 1 is 1.42 bits per heavy atom. The van der Waals surface area contributed by atoms with Crippen molar-refractivity contribution in [2.75, 3.05) is 0 Å². The van der Waals surface area contributed by atoms with Crippen molar-refractivity contribution in [2.24, 2.45) is 5.92 Å². The molecule has 1 atom stereocenters. The topological polar surface area (TPSA) is 69.5 Å². The molecule has 4 nitrogen and oxygen atoms in total. The Kier molecular flexibility index (Phi) is 4.39. The van der Waals surface area contributed by atoms with Crippen molar-refractivity contribution in [2.45, 2.75) is 26.2 Å². The van der Waals surface area contributed by atoms with Crippen LogP contribution >= 0.6 is 22.9 Å². The van der Waals surface area contributed by atoms with Crippen LogP contribution in [0.5, 0.6) is 0 Å². The van der Waals surface area contributed by atoms with E-state index in [0.717, 1.165) is 40.6 Å². The van der Waals surface area contributed by atoms with E-state index in [-0.39, 0.29) is 5.56 Å². The fourth-order valence-electron chi connectivity index (χ4n) is 3.33. The fourth-order valence-corrected chi connectivity index (χ4v) is 4.93. The molecule has 0 radical (unpaired) electrons. The predicted octanol–water partition coefficient (Wildman–Crippen LogP) is 4.72. The van der Waals surface area contributed by atoms with E-state index in [1.807, 2.05) is 12.1 Å². The molecule has 1 aliphatic carbocycles. The first-order valence-electron chi connectivity index (χ1n) is 8.47. The molecule has 26 heavy (non-hydrogen) atoms. The van der Waals surface area contributed by atoms with Gasteiger partial charge in [-0.05, 0) is 54.5 Å². The second kappa shape index (κ2) is 6.71. The van der Waals surface area contributed by atoms with Crippen LogP contribution < -0.4 is 5.56 Å². The van der Waals surface area contributed by atoms with Gasteiger partial charge in [0.25, 0.3) is 5.56 Å². The zero-order valence-corrected chi connectivity index (χ0v) is 15.7. The minimum atomic E-state index is -0.122. The number of benzene rings is 1. The smallest absolute Gasteiger partial charge is 0.260 e. The van der Waals surface area contributed by atoms with Gasteiger partial charge in [0, 0.05) is 4.88 Å². The lowest BCUT2D eigenvalue weighted by Gasteiger charge is -2.17. The number of halogens is 1. The molecule has 3 aromatic rings. The molecule has 1 N–H and O–H groups in total. The lowest BCUT2D eigenvalue weighted by atomic mass is 9.89. The van der Waals surface area contributed by atoms with Crippen LogP contribution in [0.15, 0.2) is 29.1 Å². The van der Waals surface area contributed by atoms with Gasteiger partial charge in [-0.15, -0.1) is 11.3 Å². The highest BCUT2D eigenvalue weighted by molar-refractivity contribution is 7.18. The normalized spacial score (nSPS) is 17.1. The molecule has 0 amide bonds. The highest BCUT2D eigenvalue weighted by Gasteiger charge is 2.23. The summed E-state index contributed by atoms with van der Waals surface area (Å²) in [5, 5.41) is 9.96. The Labute approximate surface area is 159 Å². The second-order valence-electron chi connectivity index (χ2n) is 6.67. The van der Waals surface area contributed by atoms with Crippen LogP contribution in [-0.4, -0.2) is 9.97 Å². The van der Waals surface area contributed by atoms with Crippen molar-refractivity contribution < 1.29 is 0 Å². The maximum Gasteiger partial charge on any atom is 0.260 e. The van der Waals surface area contributed by atoms with Gasteiger partial charge < -0.3 is 4.98 Å². The van der Waals surface area contributed by atoms with Crippen LogP contribution in [0.25, 0.3) is 21.3 Å². The molecule has 2 heterocycles. The van der Waals surface area contributed by atoms with Crippen molar-refractivity contribution in [3.63, 3.8) is 0 Å². The summed E-state index contributed by atoms with van der Waals surface area (Å²) in [4.78, 5) is 22.1. The summed E-state index contributed by atoms with van der Waals surface area (Å²) in [6, 6.07) is 9.15. The zero-order chi connectivity index (χ0) is 18.3. The third kappa shape index (κ3) is 3.07. The number of thiophene rings is 1. The molecule has 0 spiro atoms. The number of rotatable bonds is 2. The summed E-state index contributed by atoms with van der Waals surface area (Å²) < 4.78 is 0. The molecule has 6 heteroatoms. The van der Waals surface area contributed by atoms with E-state index < -0.39 is 0 Å². The summed E-state index contributed by atoms with van der Waals surface area (Å²) in [6.07, 6.45) is 4.80. The first-order chi connectivity index (χ1) is 12.5. The average molecular weight is 382 g/mol. The van der Waals surface area contributed by atoms with Gasteiger partial charge in [0.2, 0.25) is 0 Å². The van der Waals surface area contributed by atoms with Crippen LogP contribution in [0, 0.1) is 17.2 Å². The summed E-state index contributed by atoms with van der Waals surface area (Å²) in [6.45, 7) is 2.24. The van der Waals surface area contributed by atoms with Crippen molar-refractivity contribution in [3.8, 4) is 6.07 Å². The molecule has 0 saturated carbocycles. The SMILES string of the molecule is C[C@H]1CCc2c(sc3nc(/C(Cl)=C/c4ccc(C#N)cc4)[nH]c(=O)c23)C1. The quantitative estimate of drug-likeness (QED) is 0.698. The molecule has 4 rings (SSSR count). The van der Waals surface area contributed by atoms with E-state index >= 15 is 0 Å². The number of nitrogens with one attached hydrogen (secondary N) is 1. The molecule has 0 saturated heterocycles. The van der Waals surface area contributed by atoms with Crippen LogP contribution in [0.2, 0.25) is 0 Å². The van der Waals surface area contributed by atoms with E-state index in [4.69, 9.17) is 16.9 Å². The van der Waals surface area contributed by atoms with E-state index in [9.17, 15) is 4.79 Å². The Hall–Kier alpha value is -2.42. The number of nitrogens with zero attached hydrogens (tertiary/aromatic N) is 2. The number of fused-ring (bicyclic) bond motifs is 3. The lowest BCUT2D eigenvalue weighted by Crippen LogP contribution is -2.14. The summed E-state index contributed by atoms with van der Waals surface area (Å²) in [5.41, 5.74) is 2.47. The third-order valence-corrected chi connectivity index (χ3v) is 6.16. The molecule has 1 aliphatic rings. The van der Waals surface area contributed by atoms with Crippen LogP contribution in [0.3, 0.4) is 0 Å². The Balaban J connectivity index is 1.76. The van der Waals surface area contributed by atoms with E-state index in [1.54, 1.807) is 29.5 Å². The number of aromatic nitrogens is 2. The summed E-state index contributed by atoms with van der Waals surface area (Å²) in [7, 11) is 0. The fraction of sp³-hybridized carbons (Fsp3) is 0.250. The van der Waals surface area contributed by atoms with E-state index in [1.165, 1.54) is 4.88 Å². The third-order valence-electron chi connectivity index (χ3n) is 4.72. The maximum absolute atomic E-state index is 12.6.